The molecule has 2 rings (SSSR count). The van der Waals surface area contributed by atoms with E-state index in [-0.39, 0.29) is 10.7 Å². The topological polar surface area (TPSA) is 48.4 Å². The largest absolute Gasteiger partial charge is 0.485 e. The Hall–Kier alpha value is -1.16. The van der Waals surface area contributed by atoms with Gasteiger partial charge in [-0.2, -0.15) is 0 Å². The Morgan fingerprint density at radius 1 is 1.38 bits per heavy atom. The van der Waals surface area contributed by atoms with Crippen molar-refractivity contribution in [3.8, 4) is 5.75 Å². The number of aromatic nitrogens is 1. The molecule has 110 valence electrons. The maximum absolute atomic E-state index is 11.9. The third-order valence-corrected chi connectivity index (χ3v) is 3.95. The van der Waals surface area contributed by atoms with Crippen LogP contribution >= 0.6 is 37.0 Å². The molecule has 1 aromatic heterocycles. The standard InChI is InChI=1S/C14H12BrClNO3P/c1-8-10(14(18)20-21)11(12(15)17-13(8)16)19-7-9-5-3-2-4-6-9/h2-6H,7,21H2,1H3. The van der Waals surface area contributed by atoms with Gasteiger partial charge in [0.25, 0.3) is 0 Å². The molecule has 1 aromatic carbocycles. The van der Waals surface area contributed by atoms with Crippen molar-refractivity contribution in [3.05, 3.63) is 56.8 Å². The van der Waals surface area contributed by atoms with Gasteiger partial charge in [0.05, 0.1) is 9.47 Å². The number of ether oxygens (including phenoxy) is 1. The lowest BCUT2D eigenvalue weighted by atomic mass is 10.1. The lowest BCUT2D eigenvalue weighted by Crippen LogP contribution is -2.09. The van der Waals surface area contributed by atoms with Gasteiger partial charge in [-0.1, -0.05) is 41.9 Å². The number of rotatable bonds is 4. The molecule has 0 aliphatic rings. The Morgan fingerprint density at radius 2 is 2.05 bits per heavy atom. The van der Waals surface area contributed by atoms with Crippen LogP contribution in [-0.4, -0.2) is 11.0 Å². The summed E-state index contributed by atoms with van der Waals surface area (Å²) in [4.78, 5) is 16.0. The number of benzene rings is 1. The summed E-state index contributed by atoms with van der Waals surface area (Å²) in [7, 11) is 1.92. The van der Waals surface area contributed by atoms with E-state index in [0.717, 1.165) is 5.56 Å². The Bertz CT molecular complexity index is 667. The van der Waals surface area contributed by atoms with Crippen LogP contribution in [-0.2, 0) is 11.1 Å². The lowest BCUT2D eigenvalue weighted by Gasteiger charge is -2.14. The van der Waals surface area contributed by atoms with E-state index in [1.807, 2.05) is 39.8 Å². The van der Waals surface area contributed by atoms with Crippen molar-refractivity contribution in [2.24, 2.45) is 0 Å². The quantitative estimate of drug-likeness (QED) is 0.578. The van der Waals surface area contributed by atoms with E-state index in [4.69, 9.17) is 20.9 Å². The fourth-order valence-corrected chi connectivity index (χ4v) is 2.65. The minimum atomic E-state index is -0.550. The van der Waals surface area contributed by atoms with Crippen LogP contribution in [0.1, 0.15) is 21.5 Å². The third-order valence-electron chi connectivity index (χ3n) is 2.83. The molecule has 21 heavy (non-hydrogen) atoms. The van der Waals surface area contributed by atoms with Gasteiger partial charge in [-0.25, -0.2) is 9.78 Å². The first-order valence-corrected chi connectivity index (χ1v) is 7.62. The molecule has 1 heterocycles. The monoisotopic (exact) mass is 387 g/mol. The smallest absolute Gasteiger partial charge is 0.344 e. The van der Waals surface area contributed by atoms with E-state index in [9.17, 15) is 4.79 Å². The van der Waals surface area contributed by atoms with Crippen molar-refractivity contribution in [1.29, 1.82) is 0 Å². The van der Waals surface area contributed by atoms with E-state index in [2.05, 4.69) is 20.9 Å². The zero-order chi connectivity index (χ0) is 15.4. The van der Waals surface area contributed by atoms with Crippen molar-refractivity contribution in [2.75, 3.05) is 0 Å². The number of carbonyl (C=O) groups excluding carboxylic acids is 1. The van der Waals surface area contributed by atoms with Crippen molar-refractivity contribution >= 4 is 43.0 Å². The second-order valence-electron chi connectivity index (χ2n) is 4.20. The molecule has 7 heteroatoms. The molecule has 0 aliphatic carbocycles. The van der Waals surface area contributed by atoms with Gasteiger partial charge in [-0.05, 0) is 28.4 Å². The average Bonchev–Trinajstić information content (AvgIpc) is 2.49. The first-order valence-electron chi connectivity index (χ1n) is 5.98. The lowest BCUT2D eigenvalue weighted by molar-refractivity contribution is 0.0759. The molecule has 1 unspecified atom stereocenters. The van der Waals surface area contributed by atoms with E-state index in [1.165, 1.54) is 0 Å². The molecular formula is C14H12BrClNO3P. The van der Waals surface area contributed by atoms with Crippen LogP contribution < -0.4 is 4.74 Å². The molecule has 0 N–H and O–H groups in total. The van der Waals surface area contributed by atoms with E-state index in [1.54, 1.807) is 6.92 Å². The number of nitrogens with zero attached hydrogens (tertiary/aromatic N) is 1. The predicted molar refractivity (Wildman–Crippen MR) is 87.6 cm³/mol. The molecule has 0 radical (unpaired) electrons. The molecule has 0 saturated carbocycles. The maximum Gasteiger partial charge on any atom is 0.344 e. The number of halogens is 2. The van der Waals surface area contributed by atoms with Gasteiger partial charge < -0.3 is 9.26 Å². The highest BCUT2D eigenvalue weighted by Crippen LogP contribution is 2.34. The molecule has 0 saturated heterocycles. The van der Waals surface area contributed by atoms with Crippen molar-refractivity contribution in [1.82, 2.24) is 4.98 Å². The molecule has 0 bridgehead atoms. The van der Waals surface area contributed by atoms with Crippen LogP contribution in [0.2, 0.25) is 5.15 Å². The maximum atomic E-state index is 11.9. The summed E-state index contributed by atoms with van der Waals surface area (Å²) in [6.07, 6.45) is 0. The molecule has 1 atom stereocenters. The van der Waals surface area contributed by atoms with E-state index >= 15 is 0 Å². The zero-order valence-corrected chi connectivity index (χ0v) is 14.6. The first kappa shape index (κ1) is 16.2. The van der Waals surface area contributed by atoms with Gasteiger partial charge in [0.2, 0.25) is 0 Å². The fraction of sp³-hybridized carbons (Fsp3) is 0.143. The SMILES string of the molecule is Cc1c(Cl)nc(Br)c(OCc2ccccc2)c1C(=O)OP. The molecule has 0 amide bonds. The molecule has 0 fully saturated rings. The van der Waals surface area contributed by atoms with Crippen LogP contribution in [0.25, 0.3) is 0 Å². The summed E-state index contributed by atoms with van der Waals surface area (Å²) < 4.78 is 10.8. The highest BCUT2D eigenvalue weighted by atomic mass is 79.9. The predicted octanol–water partition coefficient (Wildman–Crippen LogP) is 4.33. The van der Waals surface area contributed by atoms with E-state index in [0.29, 0.717) is 22.5 Å². The molecule has 2 aromatic rings. The minimum Gasteiger partial charge on any atom is -0.485 e. The highest BCUT2D eigenvalue weighted by molar-refractivity contribution is 9.10. The second-order valence-corrected chi connectivity index (χ2v) is 5.55. The van der Waals surface area contributed by atoms with Gasteiger partial charge in [0, 0.05) is 5.56 Å². The number of hydrogen-bond donors (Lipinski definition) is 0. The summed E-state index contributed by atoms with van der Waals surface area (Å²) in [5.74, 6) is -0.237. The van der Waals surface area contributed by atoms with Crippen molar-refractivity contribution in [2.45, 2.75) is 13.5 Å². The number of pyridine rings is 1. The minimum absolute atomic E-state index is 0.222. The van der Waals surface area contributed by atoms with E-state index < -0.39 is 5.97 Å². The second kappa shape index (κ2) is 7.21. The Labute approximate surface area is 138 Å². The Kier molecular flexibility index (Phi) is 5.57. The van der Waals surface area contributed by atoms with Crippen molar-refractivity contribution in [3.63, 3.8) is 0 Å². The van der Waals surface area contributed by atoms with Crippen LogP contribution in [0.4, 0.5) is 0 Å². The Morgan fingerprint density at radius 3 is 2.67 bits per heavy atom. The summed E-state index contributed by atoms with van der Waals surface area (Å²) in [6, 6.07) is 9.61. The summed E-state index contributed by atoms with van der Waals surface area (Å²) in [6.45, 7) is 1.99. The summed E-state index contributed by atoms with van der Waals surface area (Å²) >= 11 is 9.27. The number of carbonyl (C=O) groups is 1. The average molecular weight is 389 g/mol. The van der Waals surface area contributed by atoms with Crippen LogP contribution in [0.3, 0.4) is 0 Å². The Balaban J connectivity index is 2.38. The van der Waals surface area contributed by atoms with Crippen LogP contribution in [0.5, 0.6) is 5.75 Å². The van der Waals surface area contributed by atoms with Gasteiger partial charge >= 0.3 is 5.97 Å². The van der Waals surface area contributed by atoms with Gasteiger partial charge in [-0.15, -0.1) is 0 Å². The fourth-order valence-electron chi connectivity index (χ4n) is 1.76. The normalized spacial score (nSPS) is 10.3. The third kappa shape index (κ3) is 3.73. The molecule has 0 aliphatic heterocycles. The first-order chi connectivity index (χ1) is 10.0. The van der Waals surface area contributed by atoms with Gasteiger partial charge in [0.15, 0.2) is 10.4 Å². The molecular weight excluding hydrogens is 376 g/mol. The highest BCUT2D eigenvalue weighted by Gasteiger charge is 2.23. The van der Waals surface area contributed by atoms with Crippen LogP contribution in [0.15, 0.2) is 34.9 Å². The van der Waals surface area contributed by atoms with Gasteiger partial charge in [-0.3, -0.25) is 0 Å². The summed E-state index contributed by atoms with van der Waals surface area (Å²) in [5.41, 5.74) is 1.74. The number of hydrogen-bond acceptors (Lipinski definition) is 4. The molecule has 0 spiro atoms. The van der Waals surface area contributed by atoms with Crippen LogP contribution in [0, 0.1) is 6.92 Å². The van der Waals surface area contributed by atoms with Crippen molar-refractivity contribution < 1.29 is 14.1 Å². The van der Waals surface area contributed by atoms with Gasteiger partial charge in [0.1, 0.15) is 17.3 Å². The summed E-state index contributed by atoms with van der Waals surface area (Å²) in [5, 5.41) is 0.222. The molecule has 4 nitrogen and oxygen atoms in total. The zero-order valence-electron chi connectivity index (χ0n) is 11.1.